The molecule has 0 radical (unpaired) electrons. The van der Waals surface area contributed by atoms with Gasteiger partial charge in [-0.3, -0.25) is 9.59 Å². The zero-order valence-electron chi connectivity index (χ0n) is 19.2. The van der Waals surface area contributed by atoms with Crippen molar-refractivity contribution in [3.8, 4) is 0 Å². The highest BCUT2D eigenvalue weighted by atomic mass is 16.5. The molecule has 2 aromatic heterocycles. The summed E-state index contributed by atoms with van der Waals surface area (Å²) in [5, 5.41) is 16.1. The average Bonchev–Trinajstić information content (AvgIpc) is 3.52. The summed E-state index contributed by atoms with van der Waals surface area (Å²) in [4.78, 5) is 24.0. The van der Waals surface area contributed by atoms with E-state index >= 15 is 0 Å². The van der Waals surface area contributed by atoms with Crippen LogP contribution in [-0.4, -0.2) is 41.9 Å². The van der Waals surface area contributed by atoms with Crippen LogP contribution in [0.2, 0.25) is 0 Å². The molecule has 0 spiro atoms. The van der Waals surface area contributed by atoms with Crippen LogP contribution in [0.4, 0.5) is 0 Å². The number of ether oxygens (including phenoxy) is 2. The van der Waals surface area contributed by atoms with Gasteiger partial charge in [-0.2, -0.15) is 0 Å². The van der Waals surface area contributed by atoms with E-state index in [0.29, 0.717) is 30.9 Å². The normalized spacial score (nSPS) is 10.7. The monoisotopic (exact) mass is 474 g/mol. The summed E-state index contributed by atoms with van der Waals surface area (Å²) >= 11 is 0. The number of hydrogen-bond donors (Lipinski definition) is 0. The molecule has 0 saturated heterocycles. The van der Waals surface area contributed by atoms with Gasteiger partial charge in [0.25, 0.3) is 0 Å². The molecular weight excluding hydrogens is 448 g/mol. The van der Waals surface area contributed by atoms with Gasteiger partial charge in [-0.25, -0.2) is 9.36 Å². The molecule has 35 heavy (non-hydrogen) atoms. The Bertz CT molecular complexity index is 1130. The minimum Gasteiger partial charge on any atom is -0.459 e. The van der Waals surface area contributed by atoms with E-state index < -0.39 is 11.9 Å². The first-order valence-corrected chi connectivity index (χ1v) is 11.3. The van der Waals surface area contributed by atoms with E-state index in [4.69, 9.17) is 9.47 Å². The summed E-state index contributed by atoms with van der Waals surface area (Å²) in [5.41, 5.74) is 3.33. The number of carbonyl (C=O) groups is 2. The third-order valence-corrected chi connectivity index (χ3v) is 5.07. The van der Waals surface area contributed by atoms with Gasteiger partial charge < -0.3 is 9.47 Å². The first-order chi connectivity index (χ1) is 17.1. The van der Waals surface area contributed by atoms with Crippen LogP contribution in [0.1, 0.15) is 41.8 Å². The van der Waals surface area contributed by atoms with Gasteiger partial charge in [0, 0.05) is 12.8 Å². The molecule has 0 atom stereocenters. The minimum atomic E-state index is -0.403. The SMILES string of the molecule is O=C(CCCC(=O)OCc1cn(Cc2ccccc2)nn1)OCc1cn(Cc2ccccc2)nn1. The third-order valence-electron chi connectivity index (χ3n) is 5.07. The minimum absolute atomic E-state index is 0.0384. The predicted octanol–water partition coefficient (Wildman–Crippen LogP) is 2.92. The Hall–Kier alpha value is -4.34. The number of rotatable bonds is 12. The first-order valence-electron chi connectivity index (χ1n) is 11.3. The molecule has 0 aliphatic heterocycles. The molecule has 4 aromatic rings. The fourth-order valence-electron chi connectivity index (χ4n) is 3.34. The summed E-state index contributed by atoms with van der Waals surface area (Å²) in [6.45, 7) is 1.26. The van der Waals surface area contributed by atoms with E-state index in [1.807, 2.05) is 60.7 Å². The topological polar surface area (TPSA) is 114 Å². The number of carbonyl (C=O) groups excluding carboxylic acids is 2. The highest BCUT2D eigenvalue weighted by Gasteiger charge is 2.11. The van der Waals surface area contributed by atoms with Gasteiger partial charge in [0.1, 0.15) is 24.6 Å². The Morgan fingerprint density at radius 2 is 1.09 bits per heavy atom. The summed E-state index contributed by atoms with van der Waals surface area (Å²) < 4.78 is 13.8. The maximum atomic E-state index is 12.0. The number of nitrogens with zero attached hydrogens (tertiary/aromatic N) is 6. The van der Waals surface area contributed by atoms with Crippen LogP contribution in [0.15, 0.2) is 73.1 Å². The summed E-state index contributed by atoms with van der Waals surface area (Å²) in [6.07, 6.45) is 4.04. The summed E-state index contributed by atoms with van der Waals surface area (Å²) in [5.74, 6) is -0.807. The molecule has 2 heterocycles. The average molecular weight is 475 g/mol. The quantitative estimate of drug-likeness (QED) is 0.288. The number of benzene rings is 2. The van der Waals surface area contributed by atoms with Crippen LogP contribution in [0.5, 0.6) is 0 Å². The van der Waals surface area contributed by atoms with E-state index in [2.05, 4.69) is 20.6 Å². The first kappa shape index (κ1) is 23.8. The van der Waals surface area contributed by atoms with Gasteiger partial charge >= 0.3 is 11.9 Å². The molecular formula is C25H26N6O4. The molecule has 2 aromatic carbocycles. The summed E-state index contributed by atoms with van der Waals surface area (Å²) in [7, 11) is 0. The van der Waals surface area contributed by atoms with E-state index in [1.54, 1.807) is 21.8 Å². The lowest BCUT2D eigenvalue weighted by atomic mass is 10.2. The van der Waals surface area contributed by atoms with Gasteiger partial charge in [0.2, 0.25) is 0 Å². The van der Waals surface area contributed by atoms with Crippen molar-refractivity contribution in [2.24, 2.45) is 0 Å². The molecule has 0 aliphatic carbocycles. The second-order valence-electron chi connectivity index (χ2n) is 7.96. The number of hydrogen-bond acceptors (Lipinski definition) is 8. The van der Waals surface area contributed by atoms with Crippen molar-refractivity contribution in [3.05, 3.63) is 95.6 Å². The Balaban J connectivity index is 1.09. The van der Waals surface area contributed by atoms with E-state index in [-0.39, 0.29) is 26.1 Å². The maximum Gasteiger partial charge on any atom is 0.306 e. The predicted molar refractivity (Wildman–Crippen MR) is 125 cm³/mol. The van der Waals surface area contributed by atoms with Crippen LogP contribution in [0, 0.1) is 0 Å². The van der Waals surface area contributed by atoms with Crippen molar-refractivity contribution in [2.45, 2.75) is 45.6 Å². The second kappa shape index (κ2) is 12.2. The lowest BCUT2D eigenvalue weighted by Gasteiger charge is -2.04. The van der Waals surface area contributed by atoms with Gasteiger partial charge in [-0.1, -0.05) is 71.1 Å². The Morgan fingerprint density at radius 3 is 1.51 bits per heavy atom. The van der Waals surface area contributed by atoms with E-state index in [1.165, 1.54) is 0 Å². The van der Waals surface area contributed by atoms with Crippen LogP contribution in [-0.2, 0) is 45.4 Å². The largest absolute Gasteiger partial charge is 0.459 e. The number of esters is 2. The molecule has 0 aliphatic rings. The van der Waals surface area contributed by atoms with Crippen molar-refractivity contribution in [3.63, 3.8) is 0 Å². The Morgan fingerprint density at radius 1 is 0.657 bits per heavy atom. The Kier molecular flexibility index (Phi) is 8.31. The molecule has 0 saturated carbocycles. The van der Waals surface area contributed by atoms with Gasteiger partial charge in [0.05, 0.1) is 25.5 Å². The van der Waals surface area contributed by atoms with Gasteiger partial charge in [-0.05, 0) is 17.5 Å². The lowest BCUT2D eigenvalue weighted by molar-refractivity contribution is -0.147. The second-order valence-corrected chi connectivity index (χ2v) is 7.96. The molecule has 10 nitrogen and oxygen atoms in total. The van der Waals surface area contributed by atoms with Crippen LogP contribution in [0.3, 0.4) is 0 Å². The maximum absolute atomic E-state index is 12.0. The zero-order valence-corrected chi connectivity index (χ0v) is 19.2. The number of aromatic nitrogens is 6. The molecule has 0 unspecified atom stereocenters. The van der Waals surface area contributed by atoms with Crippen molar-refractivity contribution in [1.29, 1.82) is 0 Å². The van der Waals surface area contributed by atoms with Crippen molar-refractivity contribution >= 4 is 11.9 Å². The highest BCUT2D eigenvalue weighted by molar-refractivity contribution is 5.72. The van der Waals surface area contributed by atoms with Crippen LogP contribution < -0.4 is 0 Å². The van der Waals surface area contributed by atoms with E-state index in [9.17, 15) is 9.59 Å². The van der Waals surface area contributed by atoms with Gasteiger partial charge in [-0.15, -0.1) is 10.2 Å². The van der Waals surface area contributed by atoms with Crippen LogP contribution in [0.25, 0.3) is 0 Å². The van der Waals surface area contributed by atoms with E-state index in [0.717, 1.165) is 11.1 Å². The van der Waals surface area contributed by atoms with Crippen molar-refractivity contribution in [2.75, 3.05) is 0 Å². The fraction of sp³-hybridized carbons (Fsp3) is 0.280. The Labute approximate surface area is 202 Å². The molecule has 10 heteroatoms. The summed E-state index contributed by atoms with van der Waals surface area (Å²) in [6, 6.07) is 19.8. The molecule has 0 fully saturated rings. The van der Waals surface area contributed by atoms with Gasteiger partial charge in [0.15, 0.2) is 0 Å². The standard InChI is InChI=1S/C25H26N6O4/c32-24(34-18-22-16-30(28-26-22)14-20-8-3-1-4-9-20)12-7-13-25(33)35-19-23-17-31(29-27-23)15-21-10-5-2-6-11-21/h1-6,8-11,16-17H,7,12-15,18-19H2. The molecule has 0 amide bonds. The van der Waals surface area contributed by atoms with Crippen molar-refractivity contribution < 1.29 is 19.1 Å². The zero-order chi connectivity index (χ0) is 24.3. The molecule has 4 rings (SSSR count). The lowest BCUT2D eigenvalue weighted by Crippen LogP contribution is -2.08. The van der Waals surface area contributed by atoms with Crippen LogP contribution >= 0.6 is 0 Å². The molecule has 180 valence electrons. The van der Waals surface area contributed by atoms with Crippen molar-refractivity contribution in [1.82, 2.24) is 30.0 Å². The molecule has 0 N–H and O–H groups in total. The fourth-order valence-corrected chi connectivity index (χ4v) is 3.34. The smallest absolute Gasteiger partial charge is 0.306 e. The third kappa shape index (κ3) is 7.88. The highest BCUT2D eigenvalue weighted by Crippen LogP contribution is 2.07. The molecule has 0 bridgehead atoms.